The molecular formula is C18H21ClN2O3S. The zero-order chi connectivity index (χ0) is 17.9. The van der Waals surface area contributed by atoms with Crippen LogP contribution in [0.25, 0.3) is 0 Å². The first-order valence-corrected chi connectivity index (χ1v) is 10.1. The molecule has 2 aromatic rings. The van der Waals surface area contributed by atoms with E-state index in [4.69, 9.17) is 16.3 Å². The minimum absolute atomic E-state index is 0.0237. The van der Waals surface area contributed by atoms with Crippen LogP contribution in [-0.2, 0) is 14.8 Å². The average Bonchev–Trinajstić information content (AvgIpc) is 2.62. The van der Waals surface area contributed by atoms with Crippen molar-refractivity contribution in [1.82, 2.24) is 4.90 Å². The summed E-state index contributed by atoms with van der Waals surface area (Å²) in [7, 11) is -3.63. The van der Waals surface area contributed by atoms with Gasteiger partial charge in [0.2, 0.25) is 0 Å². The smallest absolute Gasteiger partial charge is 0.261 e. The van der Waals surface area contributed by atoms with Gasteiger partial charge in [-0.3, -0.25) is 9.62 Å². The van der Waals surface area contributed by atoms with E-state index < -0.39 is 10.0 Å². The maximum atomic E-state index is 12.4. The quantitative estimate of drug-likeness (QED) is 0.862. The van der Waals surface area contributed by atoms with Crippen LogP contribution in [0.3, 0.4) is 0 Å². The van der Waals surface area contributed by atoms with Crippen LogP contribution in [0.5, 0.6) is 0 Å². The molecule has 1 saturated heterocycles. The highest BCUT2D eigenvalue weighted by molar-refractivity contribution is 7.92. The number of likely N-dealkylation sites (N-methyl/N-ethyl adjacent to an activating group) is 1. The van der Waals surface area contributed by atoms with Gasteiger partial charge in [-0.1, -0.05) is 30.7 Å². The largest absolute Gasteiger partial charge is 0.371 e. The average molecular weight is 381 g/mol. The fourth-order valence-corrected chi connectivity index (χ4v) is 3.97. The Morgan fingerprint density at radius 2 is 1.84 bits per heavy atom. The molecule has 0 saturated carbocycles. The molecule has 0 amide bonds. The highest BCUT2D eigenvalue weighted by atomic mass is 35.5. The first-order valence-electron chi connectivity index (χ1n) is 8.20. The molecule has 1 aliphatic heterocycles. The second kappa shape index (κ2) is 7.74. The molecule has 0 bridgehead atoms. The van der Waals surface area contributed by atoms with E-state index in [2.05, 4.69) is 16.5 Å². The predicted octanol–water partition coefficient (Wildman–Crippen LogP) is 3.53. The molecule has 0 aromatic heterocycles. The molecule has 0 spiro atoms. The Hall–Kier alpha value is -1.60. The number of nitrogens with zero attached hydrogens (tertiary/aromatic N) is 1. The number of morpholine rings is 1. The highest BCUT2D eigenvalue weighted by Gasteiger charge is 2.21. The summed E-state index contributed by atoms with van der Waals surface area (Å²) in [6.45, 7) is 5.65. The summed E-state index contributed by atoms with van der Waals surface area (Å²) in [5, 5.41) is 0.497. The van der Waals surface area contributed by atoms with Crippen molar-refractivity contribution in [1.29, 1.82) is 0 Å². The van der Waals surface area contributed by atoms with E-state index in [-0.39, 0.29) is 11.0 Å². The number of sulfonamides is 1. The zero-order valence-corrected chi connectivity index (χ0v) is 15.6. The van der Waals surface area contributed by atoms with Crippen molar-refractivity contribution in [2.75, 3.05) is 31.0 Å². The number of halogens is 1. The molecule has 134 valence electrons. The van der Waals surface area contributed by atoms with Crippen LogP contribution in [0.4, 0.5) is 5.69 Å². The van der Waals surface area contributed by atoms with Gasteiger partial charge in [0.1, 0.15) is 0 Å². The van der Waals surface area contributed by atoms with Crippen molar-refractivity contribution in [2.45, 2.75) is 17.9 Å². The van der Waals surface area contributed by atoms with Crippen LogP contribution in [0.15, 0.2) is 53.4 Å². The third-order valence-electron chi connectivity index (χ3n) is 4.26. The summed E-state index contributed by atoms with van der Waals surface area (Å²) < 4.78 is 33.2. The normalized spacial score (nSPS) is 18.9. The van der Waals surface area contributed by atoms with Crippen molar-refractivity contribution in [3.63, 3.8) is 0 Å². The topological polar surface area (TPSA) is 58.6 Å². The van der Waals surface area contributed by atoms with Crippen LogP contribution >= 0.6 is 11.6 Å². The molecule has 1 fully saturated rings. The molecule has 1 unspecified atom stereocenters. The van der Waals surface area contributed by atoms with Gasteiger partial charge in [-0.25, -0.2) is 8.42 Å². The Balaban J connectivity index is 1.71. The molecule has 1 aliphatic rings. The van der Waals surface area contributed by atoms with Crippen molar-refractivity contribution in [3.05, 3.63) is 59.1 Å². The lowest BCUT2D eigenvalue weighted by atomic mass is 10.1. The van der Waals surface area contributed by atoms with Gasteiger partial charge in [0.25, 0.3) is 10.0 Å². The van der Waals surface area contributed by atoms with E-state index in [9.17, 15) is 8.42 Å². The summed E-state index contributed by atoms with van der Waals surface area (Å²) >= 11 is 5.80. The van der Waals surface area contributed by atoms with Crippen molar-refractivity contribution in [3.8, 4) is 0 Å². The first kappa shape index (κ1) is 18.2. The van der Waals surface area contributed by atoms with Gasteiger partial charge in [0.05, 0.1) is 17.6 Å². The number of rotatable bonds is 5. The SMILES string of the molecule is CCN1CCOC(c2ccc(NS(=O)(=O)c3ccc(Cl)cc3)cc2)C1. The Bertz CT molecular complexity index is 807. The summed E-state index contributed by atoms with van der Waals surface area (Å²) in [6, 6.07) is 13.4. The van der Waals surface area contributed by atoms with Crippen LogP contribution < -0.4 is 4.72 Å². The first-order chi connectivity index (χ1) is 12.0. The number of ether oxygens (including phenoxy) is 1. The number of hydrogen-bond donors (Lipinski definition) is 1. The minimum Gasteiger partial charge on any atom is -0.371 e. The monoisotopic (exact) mass is 380 g/mol. The van der Waals surface area contributed by atoms with Crippen LogP contribution in [0, 0.1) is 0 Å². The van der Waals surface area contributed by atoms with E-state index in [1.807, 2.05) is 12.1 Å². The number of nitrogens with one attached hydrogen (secondary N) is 1. The second-order valence-corrected chi connectivity index (χ2v) is 8.05. The second-order valence-electron chi connectivity index (χ2n) is 5.93. The molecule has 3 rings (SSSR count). The predicted molar refractivity (Wildman–Crippen MR) is 99.5 cm³/mol. The fraction of sp³-hybridized carbons (Fsp3) is 0.333. The van der Waals surface area contributed by atoms with E-state index >= 15 is 0 Å². The van der Waals surface area contributed by atoms with E-state index in [1.165, 1.54) is 12.1 Å². The molecule has 25 heavy (non-hydrogen) atoms. The van der Waals surface area contributed by atoms with Gasteiger partial charge in [-0.15, -0.1) is 0 Å². The standard InChI is InChI=1S/C18H21ClN2O3S/c1-2-21-11-12-24-18(13-21)14-3-7-16(8-4-14)20-25(22,23)17-9-5-15(19)6-10-17/h3-10,18,20H,2,11-13H2,1H3. The molecule has 0 aliphatic carbocycles. The summed E-state index contributed by atoms with van der Waals surface area (Å²) in [5.74, 6) is 0. The van der Waals surface area contributed by atoms with Gasteiger partial charge >= 0.3 is 0 Å². The summed E-state index contributed by atoms with van der Waals surface area (Å²) in [6.07, 6.45) is 0.0237. The molecule has 0 radical (unpaired) electrons. The van der Waals surface area contributed by atoms with Crippen molar-refractivity contribution >= 4 is 27.3 Å². The van der Waals surface area contributed by atoms with E-state index in [1.54, 1.807) is 24.3 Å². The zero-order valence-electron chi connectivity index (χ0n) is 14.0. The van der Waals surface area contributed by atoms with Gasteiger partial charge in [-0.05, 0) is 48.5 Å². The van der Waals surface area contributed by atoms with Crippen LogP contribution in [0.1, 0.15) is 18.6 Å². The van der Waals surface area contributed by atoms with E-state index in [0.717, 1.165) is 25.2 Å². The van der Waals surface area contributed by atoms with Gasteiger partial charge in [0, 0.05) is 23.8 Å². The number of hydrogen-bond acceptors (Lipinski definition) is 4. The number of anilines is 1. The number of benzene rings is 2. The molecule has 7 heteroatoms. The highest BCUT2D eigenvalue weighted by Crippen LogP contribution is 2.25. The van der Waals surface area contributed by atoms with Gasteiger partial charge in [0.15, 0.2) is 0 Å². The Morgan fingerprint density at radius 3 is 2.48 bits per heavy atom. The van der Waals surface area contributed by atoms with Gasteiger partial charge in [-0.2, -0.15) is 0 Å². The van der Waals surface area contributed by atoms with Crippen molar-refractivity contribution in [2.24, 2.45) is 0 Å². The Morgan fingerprint density at radius 1 is 1.16 bits per heavy atom. The lowest BCUT2D eigenvalue weighted by Gasteiger charge is -2.32. The molecular weight excluding hydrogens is 360 g/mol. The van der Waals surface area contributed by atoms with E-state index in [0.29, 0.717) is 17.3 Å². The van der Waals surface area contributed by atoms with Crippen LogP contribution in [0.2, 0.25) is 5.02 Å². The third kappa shape index (κ3) is 4.52. The van der Waals surface area contributed by atoms with Gasteiger partial charge < -0.3 is 4.74 Å². The third-order valence-corrected chi connectivity index (χ3v) is 5.91. The lowest BCUT2D eigenvalue weighted by Crippen LogP contribution is -2.38. The molecule has 1 N–H and O–H groups in total. The Kier molecular flexibility index (Phi) is 5.64. The minimum atomic E-state index is -3.63. The lowest BCUT2D eigenvalue weighted by molar-refractivity contribution is -0.0281. The molecule has 5 nitrogen and oxygen atoms in total. The molecule has 1 heterocycles. The summed E-state index contributed by atoms with van der Waals surface area (Å²) in [4.78, 5) is 2.51. The molecule has 1 atom stereocenters. The van der Waals surface area contributed by atoms with Crippen LogP contribution in [-0.4, -0.2) is 39.6 Å². The van der Waals surface area contributed by atoms with Crippen molar-refractivity contribution < 1.29 is 13.2 Å². The maximum absolute atomic E-state index is 12.4. The Labute approximate surface area is 153 Å². The maximum Gasteiger partial charge on any atom is 0.261 e. The summed E-state index contributed by atoms with van der Waals surface area (Å²) in [5.41, 5.74) is 1.56. The fourth-order valence-electron chi connectivity index (χ4n) is 2.79. The molecule has 2 aromatic carbocycles.